The van der Waals surface area contributed by atoms with Gasteiger partial charge in [-0.05, 0) is 49.2 Å². The number of hydrogen-bond donors (Lipinski definition) is 2. The third kappa shape index (κ3) is 7.54. The Bertz CT molecular complexity index is 893. The minimum absolute atomic E-state index is 0.199. The molecule has 0 aliphatic carbocycles. The van der Waals surface area contributed by atoms with Crippen LogP contribution in [0.25, 0.3) is 6.08 Å². The molecule has 1 unspecified atom stereocenters. The summed E-state index contributed by atoms with van der Waals surface area (Å²) in [6.45, 7) is 3.83. The van der Waals surface area contributed by atoms with Crippen LogP contribution in [0.15, 0.2) is 48.5 Å². The maximum Gasteiger partial charge on any atom is 0.333 e. The number of aliphatic carboxylic acids is 1. The van der Waals surface area contributed by atoms with Crippen LogP contribution < -0.4 is 10.1 Å². The number of carboxylic acids is 1. The third-order valence-corrected chi connectivity index (χ3v) is 4.48. The molecule has 7 heteroatoms. The van der Waals surface area contributed by atoms with Gasteiger partial charge in [0.2, 0.25) is 5.91 Å². The Morgan fingerprint density at radius 1 is 1.17 bits per heavy atom. The largest absolute Gasteiger partial charge is 0.496 e. The zero-order chi connectivity index (χ0) is 22.1. The predicted molar refractivity (Wildman–Crippen MR) is 117 cm³/mol. The van der Waals surface area contributed by atoms with E-state index in [0.717, 1.165) is 16.7 Å². The molecule has 0 aliphatic rings. The molecule has 2 N–H and O–H groups in total. The summed E-state index contributed by atoms with van der Waals surface area (Å²) < 4.78 is 10.8. The molecular formula is C23H26ClNO5. The van der Waals surface area contributed by atoms with Gasteiger partial charge in [-0.3, -0.25) is 4.79 Å². The van der Waals surface area contributed by atoms with Crippen LogP contribution >= 0.6 is 11.6 Å². The maximum atomic E-state index is 12.2. The first-order chi connectivity index (χ1) is 14.3. The highest BCUT2D eigenvalue weighted by atomic mass is 35.5. The lowest BCUT2D eigenvalue weighted by atomic mass is 10.0. The van der Waals surface area contributed by atoms with E-state index in [0.29, 0.717) is 10.8 Å². The molecule has 6 nitrogen and oxygen atoms in total. The summed E-state index contributed by atoms with van der Waals surface area (Å²) in [7, 11) is 1.54. The Morgan fingerprint density at radius 2 is 1.87 bits per heavy atom. The summed E-state index contributed by atoms with van der Waals surface area (Å²) in [5.41, 5.74) is 2.39. The molecule has 2 rings (SSSR count). The van der Waals surface area contributed by atoms with Gasteiger partial charge < -0.3 is 19.9 Å². The van der Waals surface area contributed by atoms with Crippen LogP contribution in [0, 0.1) is 0 Å². The van der Waals surface area contributed by atoms with Gasteiger partial charge in [0.25, 0.3) is 0 Å². The molecule has 30 heavy (non-hydrogen) atoms. The zero-order valence-electron chi connectivity index (χ0n) is 17.2. The number of carbonyl (C=O) groups is 2. The first-order valence-electron chi connectivity index (χ1n) is 9.54. The fourth-order valence-electron chi connectivity index (χ4n) is 2.82. The Morgan fingerprint density at radius 3 is 2.47 bits per heavy atom. The molecule has 0 saturated heterocycles. The number of halogens is 1. The van der Waals surface area contributed by atoms with Crippen molar-refractivity contribution in [3.05, 3.63) is 70.3 Å². The lowest BCUT2D eigenvalue weighted by Gasteiger charge is -2.17. The van der Waals surface area contributed by atoms with E-state index in [1.165, 1.54) is 6.08 Å². The number of amides is 1. The highest BCUT2D eigenvalue weighted by Gasteiger charge is 2.20. The summed E-state index contributed by atoms with van der Waals surface area (Å²) in [6.07, 6.45) is 2.21. The summed E-state index contributed by atoms with van der Waals surface area (Å²) >= 11 is 5.85. The van der Waals surface area contributed by atoms with Crippen LogP contribution in [0.5, 0.6) is 5.75 Å². The van der Waals surface area contributed by atoms with E-state index in [-0.39, 0.29) is 25.0 Å². The van der Waals surface area contributed by atoms with Crippen molar-refractivity contribution in [1.29, 1.82) is 0 Å². The van der Waals surface area contributed by atoms with E-state index in [9.17, 15) is 14.7 Å². The summed E-state index contributed by atoms with van der Waals surface area (Å²) in [4.78, 5) is 23.6. The minimum atomic E-state index is -1.01. The number of methoxy groups -OCH3 is 1. The van der Waals surface area contributed by atoms with E-state index < -0.39 is 12.1 Å². The quantitative estimate of drug-likeness (QED) is 0.553. The fraction of sp³-hybridized carbons (Fsp3) is 0.304. The summed E-state index contributed by atoms with van der Waals surface area (Å²) in [5, 5.41) is 12.8. The van der Waals surface area contributed by atoms with Crippen molar-refractivity contribution >= 4 is 29.6 Å². The van der Waals surface area contributed by atoms with Gasteiger partial charge in [0.15, 0.2) is 6.10 Å². The molecule has 0 saturated carbocycles. The van der Waals surface area contributed by atoms with Gasteiger partial charge in [-0.2, -0.15) is 0 Å². The molecule has 0 aromatic heterocycles. The predicted octanol–water partition coefficient (Wildman–Crippen LogP) is 4.10. The fourth-order valence-corrected chi connectivity index (χ4v) is 2.95. The summed E-state index contributed by atoms with van der Waals surface area (Å²) in [5.74, 6) is -0.664. The molecule has 2 aromatic carbocycles. The Hall–Kier alpha value is -2.83. The zero-order valence-corrected chi connectivity index (χ0v) is 18.0. The van der Waals surface area contributed by atoms with Gasteiger partial charge in [0.1, 0.15) is 5.75 Å². The Balaban J connectivity index is 2.04. The number of nitrogens with one attached hydrogen (secondary N) is 1. The van der Waals surface area contributed by atoms with Gasteiger partial charge in [-0.25, -0.2) is 4.79 Å². The third-order valence-electron chi connectivity index (χ3n) is 4.23. The lowest BCUT2D eigenvalue weighted by molar-refractivity contribution is -0.153. The lowest BCUT2D eigenvalue weighted by Crippen LogP contribution is -2.29. The molecule has 1 atom stereocenters. The average molecular weight is 432 g/mol. The van der Waals surface area contributed by atoms with Crippen LogP contribution in [0.4, 0.5) is 0 Å². The number of carbonyl (C=O) groups excluding carboxylic acids is 1. The molecule has 2 aromatic rings. The second kappa shape index (κ2) is 11.4. The van der Waals surface area contributed by atoms with Gasteiger partial charge in [-0.15, -0.1) is 0 Å². The SMILES string of the molecule is COc1ccc(CC(OC(C)C)C(=O)O)cc1CNC(=O)C=Cc1ccc(Cl)cc1. The van der Waals surface area contributed by atoms with E-state index in [1.54, 1.807) is 51.3 Å². The molecule has 0 heterocycles. The molecule has 0 bridgehead atoms. The van der Waals surface area contributed by atoms with E-state index in [2.05, 4.69) is 5.32 Å². The Kier molecular flexibility index (Phi) is 8.89. The highest BCUT2D eigenvalue weighted by Crippen LogP contribution is 2.21. The second-order valence-electron chi connectivity index (χ2n) is 6.96. The van der Waals surface area contributed by atoms with Crippen molar-refractivity contribution in [3.8, 4) is 5.75 Å². The van der Waals surface area contributed by atoms with Crippen molar-refractivity contribution in [2.75, 3.05) is 7.11 Å². The van der Waals surface area contributed by atoms with Crippen molar-refractivity contribution in [3.63, 3.8) is 0 Å². The monoisotopic (exact) mass is 431 g/mol. The maximum absolute atomic E-state index is 12.2. The van der Waals surface area contributed by atoms with Crippen molar-refractivity contribution in [1.82, 2.24) is 5.32 Å². The van der Waals surface area contributed by atoms with E-state index >= 15 is 0 Å². The normalized spacial score (nSPS) is 12.2. The number of hydrogen-bond acceptors (Lipinski definition) is 4. The van der Waals surface area contributed by atoms with Crippen LogP contribution in [0.2, 0.25) is 5.02 Å². The number of carboxylic acid groups (broad SMARTS) is 1. The second-order valence-corrected chi connectivity index (χ2v) is 7.40. The van der Waals surface area contributed by atoms with Crippen molar-refractivity contribution < 1.29 is 24.2 Å². The summed E-state index contributed by atoms with van der Waals surface area (Å²) in [6, 6.07) is 12.5. The smallest absolute Gasteiger partial charge is 0.333 e. The van der Waals surface area contributed by atoms with Gasteiger partial charge in [0.05, 0.1) is 13.2 Å². The van der Waals surface area contributed by atoms with Gasteiger partial charge in [0, 0.05) is 29.6 Å². The van der Waals surface area contributed by atoms with Crippen LogP contribution in [-0.2, 0) is 27.3 Å². The standard InChI is InChI=1S/C23H26ClNO5/c1-15(2)30-21(23(27)28)13-17-6-10-20(29-3)18(12-17)14-25-22(26)11-7-16-4-8-19(24)9-5-16/h4-12,15,21H,13-14H2,1-3H3,(H,25,26)(H,27,28). The van der Waals surface area contributed by atoms with Crippen molar-refractivity contribution in [2.45, 2.75) is 39.0 Å². The first kappa shape index (κ1) is 23.4. The molecule has 0 spiro atoms. The molecule has 160 valence electrons. The van der Waals surface area contributed by atoms with Crippen LogP contribution in [0.1, 0.15) is 30.5 Å². The number of ether oxygens (including phenoxy) is 2. The number of rotatable bonds is 10. The molecular weight excluding hydrogens is 406 g/mol. The highest BCUT2D eigenvalue weighted by molar-refractivity contribution is 6.30. The topological polar surface area (TPSA) is 84.9 Å². The van der Waals surface area contributed by atoms with Gasteiger partial charge >= 0.3 is 5.97 Å². The van der Waals surface area contributed by atoms with Crippen LogP contribution in [-0.4, -0.2) is 36.3 Å². The molecule has 1 amide bonds. The first-order valence-corrected chi connectivity index (χ1v) is 9.91. The molecule has 0 fully saturated rings. The molecule has 0 radical (unpaired) electrons. The van der Waals surface area contributed by atoms with E-state index in [1.807, 2.05) is 18.2 Å². The minimum Gasteiger partial charge on any atom is -0.496 e. The van der Waals surface area contributed by atoms with Gasteiger partial charge in [-0.1, -0.05) is 35.9 Å². The van der Waals surface area contributed by atoms with Crippen LogP contribution in [0.3, 0.4) is 0 Å². The average Bonchev–Trinajstić information content (AvgIpc) is 2.71. The van der Waals surface area contributed by atoms with Crippen molar-refractivity contribution in [2.24, 2.45) is 0 Å². The number of benzene rings is 2. The van der Waals surface area contributed by atoms with E-state index in [4.69, 9.17) is 21.1 Å². The Labute approximate surface area is 181 Å². The molecule has 0 aliphatic heterocycles.